The number of amides is 1. The van der Waals surface area contributed by atoms with Gasteiger partial charge in [-0.05, 0) is 66.1 Å². The molecule has 0 aliphatic carbocycles. The topological polar surface area (TPSA) is 54.8 Å². The molecule has 1 saturated heterocycles. The third-order valence-electron chi connectivity index (χ3n) is 6.84. The van der Waals surface area contributed by atoms with Gasteiger partial charge in [-0.25, -0.2) is 8.78 Å². The molecule has 5 aromatic rings. The Morgan fingerprint density at radius 2 is 1.77 bits per heavy atom. The van der Waals surface area contributed by atoms with Gasteiger partial charge in [0.2, 0.25) is 5.91 Å². The number of aromatic nitrogens is 1. The van der Waals surface area contributed by atoms with Gasteiger partial charge in [0.1, 0.15) is 6.54 Å². The summed E-state index contributed by atoms with van der Waals surface area (Å²) in [5, 5.41) is -2.83. The van der Waals surface area contributed by atoms with E-state index >= 15 is 13.6 Å². The summed E-state index contributed by atoms with van der Waals surface area (Å²) in [4.78, 5) is 28.5. The fraction of sp³-hybridized carbons (Fsp3) is 0.317. The number of likely N-dealkylation sites (tertiary alicyclic amines) is 1. The molecule has 278 valence electrons. The minimum absolute atomic E-state index is 0.0304. The van der Waals surface area contributed by atoms with E-state index in [1.807, 2.05) is 0 Å². The average Bonchev–Trinajstić information content (AvgIpc) is 0.673. The number of piperidine rings is 1. The number of carbonyl (C=O) groups is 1. The molecule has 6 nitrogen and oxygen atoms in total. The molecule has 6 rings (SSSR count). The lowest BCUT2D eigenvalue weighted by molar-refractivity contribution is -0.138. The van der Waals surface area contributed by atoms with Crippen LogP contribution in [0.3, 0.4) is 0 Å². The Bertz CT molecular complexity index is 3570. The second kappa shape index (κ2) is 16.7. The molecule has 53 heavy (non-hydrogen) atoms. The monoisotopic (exact) mass is 780 g/mol. The smallest absolute Gasteiger partial charge is 0.383 e. The zero-order valence-corrected chi connectivity index (χ0v) is 27.3. The summed E-state index contributed by atoms with van der Waals surface area (Å²) in [6.45, 7) is -17.9. The minimum atomic E-state index is -5.41. The maximum atomic E-state index is 15.8. The number of carbonyl (C=O) groups excluding carboxylic acids is 1. The molecule has 0 bridgehead atoms. The van der Waals surface area contributed by atoms with Crippen molar-refractivity contribution in [2.24, 2.45) is 0 Å². The number of fused-ring (bicyclic) bond motifs is 1. The van der Waals surface area contributed by atoms with Crippen LogP contribution in [0.5, 0.6) is 0 Å². The number of halogens is 5. The zero-order chi connectivity index (χ0) is 64.9. The number of rotatable bonds is 12. The number of pyridine rings is 1. The average molecular weight is 781 g/mol. The number of ether oxygens (including phenoxy) is 1. The number of benzene rings is 4. The number of methoxy groups -OCH3 is 1. The van der Waals surface area contributed by atoms with Crippen molar-refractivity contribution < 1.29 is 74.0 Å². The Morgan fingerprint density at radius 1 is 1.04 bits per heavy atom. The lowest BCUT2D eigenvalue weighted by Gasteiger charge is -2.39. The molecule has 12 heteroatoms. The molecule has 1 aliphatic rings. The van der Waals surface area contributed by atoms with E-state index in [4.69, 9.17) is 32.9 Å². The normalized spacial score (nSPS) is 27.8. The summed E-state index contributed by atoms with van der Waals surface area (Å²) in [7, 11) is -3.34. The number of nitrogens with zero attached hydrogens (tertiary/aromatic N) is 3. The van der Waals surface area contributed by atoms with Crippen molar-refractivity contribution in [3.8, 4) is 11.1 Å². The van der Waals surface area contributed by atoms with E-state index in [9.17, 15) is 27.6 Å². The first-order chi connectivity index (χ1) is 37.7. The van der Waals surface area contributed by atoms with Gasteiger partial charge in [0.15, 0.2) is 17.1 Å². The van der Waals surface area contributed by atoms with Gasteiger partial charge >= 0.3 is 6.18 Å². The molecule has 2 heterocycles. The maximum absolute atomic E-state index is 15.8. The molecule has 0 spiro atoms. The zero-order valence-electron chi connectivity index (χ0n) is 57.5. The SMILES string of the molecule is [2H]c1c([2H])c(F)c(F)c(C([2H])([2H])Sc2c([2H])c(=O)c3c([2H])c([2H])c([2H])c([2H])c3n2CC(=O)N(C([2H])([2H])c2c([2H])c([2H])c(-c3c([2H])c([2H])c(C(F)(F)F)c(C)c3[2H])c([2H])c2[2H])C2([2H])C([2H])([2H])C([2H])([2H])N(CCOC([2H])([2H])[2H])C([2H])([2H])C2([2H])[2H])c1[2H]. The summed E-state index contributed by atoms with van der Waals surface area (Å²) in [5.74, 6) is -7.16. The predicted molar refractivity (Wildman–Crippen MR) is 198 cm³/mol. The first-order valence-corrected chi connectivity index (χ1v) is 15.4. The van der Waals surface area contributed by atoms with Gasteiger partial charge in [0.25, 0.3) is 0 Å². The van der Waals surface area contributed by atoms with Crippen molar-refractivity contribution in [2.75, 3.05) is 33.2 Å². The van der Waals surface area contributed by atoms with Crippen molar-refractivity contribution in [3.63, 3.8) is 0 Å². The van der Waals surface area contributed by atoms with Crippen LogP contribution in [0.2, 0.25) is 0 Å². The quantitative estimate of drug-likeness (QED) is 0.0938. The maximum Gasteiger partial charge on any atom is 0.416 e. The van der Waals surface area contributed by atoms with E-state index in [0.29, 0.717) is 6.92 Å². The lowest BCUT2D eigenvalue weighted by atomic mass is 9.98. The van der Waals surface area contributed by atoms with Crippen LogP contribution in [0, 0.1) is 18.6 Å². The Hall–Kier alpha value is -4.52. The number of hydrogen-bond acceptors (Lipinski definition) is 5. The van der Waals surface area contributed by atoms with Crippen LogP contribution in [0.4, 0.5) is 22.0 Å². The first-order valence-electron chi connectivity index (χ1n) is 30.1. The van der Waals surface area contributed by atoms with Gasteiger partial charge < -0.3 is 19.1 Å². The van der Waals surface area contributed by atoms with Gasteiger partial charge in [-0.1, -0.05) is 60.4 Å². The van der Waals surface area contributed by atoms with Crippen molar-refractivity contribution >= 4 is 28.6 Å². The third-order valence-corrected chi connectivity index (χ3v) is 7.66. The van der Waals surface area contributed by atoms with E-state index < -0.39 is 256 Å². The molecule has 1 amide bonds. The largest absolute Gasteiger partial charge is 0.416 e. The van der Waals surface area contributed by atoms with Gasteiger partial charge in [-0.2, -0.15) is 13.2 Å². The molecule has 1 fully saturated rings. The van der Waals surface area contributed by atoms with Crippen molar-refractivity contribution in [1.29, 1.82) is 0 Å². The van der Waals surface area contributed by atoms with Crippen molar-refractivity contribution in [2.45, 2.75) is 55.6 Å². The summed E-state index contributed by atoms with van der Waals surface area (Å²) in [5.41, 5.74) is -16.3. The summed E-state index contributed by atoms with van der Waals surface area (Å²) in [6.07, 6.45) is -15.0. The van der Waals surface area contributed by atoms with E-state index in [2.05, 4.69) is 4.74 Å². The molecule has 0 atom stereocenters. The molecule has 4 aromatic carbocycles. The Balaban J connectivity index is 1.80. The van der Waals surface area contributed by atoms with Crippen LogP contribution in [0.15, 0.2) is 100 Å². The highest BCUT2D eigenvalue weighted by molar-refractivity contribution is 7.98. The van der Waals surface area contributed by atoms with Crippen LogP contribution in [0.25, 0.3) is 22.0 Å². The summed E-state index contributed by atoms with van der Waals surface area (Å²) < 4.78 is 348. The van der Waals surface area contributed by atoms with E-state index in [1.165, 1.54) is 0 Å². The number of thioether (sulfide) groups is 1. The molecule has 0 N–H and O–H groups in total. The third kappa shape index (κ3) is 9.00. The van der Waals surface area contributed by atoms with Crippen LogP contribution < -0.4 is 5.43 Å². The van der Waals surface area contributed by atoms with E-state index in [0.717, 1.165) is 0 Å². The van der Waals surface area contributed by atoms with Gasteiger partial charge in [-0.15, -0.1) is 11.8 Å². The van der Waals surface area contributed by atoms with Gasteiger partial charge in [-0.3, -0.25) is 9.59 Å². The number of alkyl halides is 3. The standard InChI is InChI=1S/C41H40F5N3O3S/c1-27-22-30(14-15-34(27)41(44,45)46)29-12-10-28(11-13-29)24-48(32-16-18-47(19-17-32)20-21-52-2)38(51)25-49-36-9-4-3-7-33(36)37(50)23-39(49)53-26-31-6-5-8-35(42)40(31)43/h3-15,22-23,32H,16-21,24-26H2,1-2H3/i2D3,3D,4D,5D,6D,7D,8D,9D,10D,11D,12D,13D,14D,15D,16D2,17D2,18D2,19D2,22D,23D,24D2,26D2,32D. The predicted octanol–water partition coefficient (Wildman–Crippen LogP) is 8.71. The Labute approximate surface area is 352 Å². The highest BCUT2D eigenvalue weighted by Crippen LogP contribution is 2.34. The number of hydrogen-bond donors (Lipinski definition) is 0. The van der Waals surface area contributed by atoms with Crippen molar-refractivity contribution in [3.05, 3.63) is 135 Å². The van der Waals surface area contributed by atoms with Crippen LogP contribution in [-0.2, 0) is 34.5 Å². The minimum Gasteiger partial charge on any atom is -0.383 e. The van der Waals surface area contributed by atoms with Crippen molar-refractivity contribution in [1.82, 2.24) is 14.4 Å². The first kappa shape index (κ1) is 15.3. The van der Waals surface area contributed by atoms with Crippen LogP contribution in [0.1, 0.15) is 77.5 Å². The molecule has 0 radical (unpaired) electrons. The number of para-hydroxylation sites is 1. The molecular formula is C41H40F5N3O3S. The Kier molecular flexibility index (Phi) is 4.81. The fourth-order valence-corrected chi connectivity index (χ4v) is 5.14. The fourth-order valence-electron chi connectivity index (χ4n) is 4.39. The van der Waals surface area contributed by atoms with E-state index in [1.54, 1.807) is 0 Å². The van der Waals surface area contributed by atoms with Crippen LogP contribution >= 0.6 is 11.8 Å². The Morgan fingerprint density at radius 3 is 2.51 bits per heavy atom. The van der Waals surface area contributed by atoms with Crippen LogP contribution in [-0.4, -0.2) is 59.5 Å². The van der Waals surface area contributed by atoms with Gasteiger partial charge in [0.05, 0.1) is 51.5 Å². The van der Waals surface area contributed by atoms with Gasteiger partial charge in [0, 0.05) is 75.5 Å². The highest BCUT2D eigenvalue weighted by Gasteiger charge is 2.32. The summed E-state index contributed by atoms with van der Waals surface area (Å²) >= 11 is -0.696. The lowest BCUT2D eigenvalue weighted by Crippen LogP contribution is -2.48. The second-order valence-corrected chi connectivity index (χ2v) is 11.1. The molecule has 1 aromatic heterocycles. The summed E-state index contributed by atoms with van der Waals surface area (Å²) in [6, 6.07) is -28.4. The molecule has 1 aliphatic heterocycles. The van der Waals surface area contributed by atoms with E-state index in [-0.39, 0.29) is 9.47 Å². The molecule has 0 unspecified atom stereocenters. The second-order valence-electron chi connectivity index (χ2n) is 10.3. The molecular weight excluding hydrogens is 710 g/mol. The molecule has 0 saturated carbocycles. The highest BCUT2D eigenvalue weighted by atomic mass is 32.2.